The van der Waals surface area contributed by atoms with Gasteiger partial charge in [-0.2, -0.15) is 0 Å². The van der Waals surface area contributed by atoms with Crippen LogP contribution in [0.3, 0.4) is 0 Å². The third kappa shape index (κ3) is 65.7. The summed E-state index contributed by atoms with van der Waals surface area (Å²) in [4.78, 5) is 24.6. The zero-order valence-electron chi connectivity index (χ0n) is 54.6. The molecule has 0 aliphatic carbocycles. The molecule has 0 aromatic carbocycles. The minimum atomic E-state index is -0.661. The van der Waals surface area contributed by atoms with Gasteiger partial charge in [0.1, 0.15) is 0 Å². The van der Waals surface area contributed by atoms with E-state index < -0.39 is 12.1 Å². The summed E-state index contributed by atoms with van der Waals surface area (Å²) in [5.41, 5.74) is 0. The van der Waals surface area contributed by atoms with Gasteiger partial charge in [-0.15, -0.1) is 0 Å². The van der Waals surface area contributed by atoms with Crippen LogP contribution in [0.5, 0.6) is 0 Å². The summed E-state index contributed by atoms with van der Waals surface area (Å²) in [5.74, 6) is -0.00597. The van der Waals surface area contributed by atoms with E-state index in [1.54, 1.807) is 0 Å². The van der Waals surface area contributed by atoms with Crippen molar-refractivity contribution in [1.29, 1.82) is 0 Å². The number of hydrogen-bond donors (Lipinski definition) is 3. The van der Waals surface area contributed by atoms with E-state index in [0.717, 1.165) is 38.5 Å². The number of carbonyl (C=O) groups is 2. The van der Waals surface area contributed by atoms with Gasteiger partial charge >= 0.3 is 5.97 Å². The minimum absolute atomic E-state index is 0.0220. The highest BCUT2D eigenvalue weighted by Gasteiger charge is 2.20. The van der Waals surface area contributed by atoms with Gasteiger partial charge in [-0.05, 0) is 51.4 Å². The maximum absolute atomic E-state index is 12.5. The summed E-state index contributed by atoms with van der Waals surface area (Å²) >= 11 is 0. The van der Waals surface area contributed by atoms with Crippen LogP contribution in [0.15, 0.2) is 12.2 Å². The van der Waals surface area contributed by atoms with E-state index in [1.807, 2.05) is 0 Å². The molecule has 0 rings (SSSR count). The predicted molar refractivity (Wildman–Crippen MR) is 352 cm³/mol. The molecule has 0 aliphatic rings. The van der Waals surface area contributed by atoms with Crippen molar-refractivity contribution in [2.45, 2.75) is 437 Å². The fourth-order valence-corrected chi connectivity index (χ4v) is 11.9. The quantitative estimate of drug-likeness (QED) is 0.0320. The van der Waals surface area contributed by atoms with Gasteiger partial charge in [-0.3, -0.25) is 9.59 Å². The van der Waals surface area contributed by atoms with Crippen LogP contribution in [-0.4, -0.2) is 47.4 Å². The third-order valence-electron chi connectivity index (χ3n) is 17.6. The maximum atomic E-state index is 12.5. The van der Waals surface area contributed by atoms with Gasteiger partial charge in [-0.25, -0.2) is 0 Å². The molecule has 0 saturated carbocycles. The Morgan fingerprint density at radius 1 is 0.338 bits per heavy atom. The average Bonchev–Trinajstić information content (AvgIpc) is 3.46. The topological polar surface area (TPSA) is 95.9 Å². The Balaban J connectivity index is 3.33. The summed E-state index contributed by atoms with van der Waals surface area (Å²) in [5, 5.41) is 23.4. The number of aliphatic hydroxyl groups excluding tert-OH is 2. The number of aliphatic hydroxyl groups is 2. The molecule has 3 N–H and O–H groups in total. The van der Waals surface area contributed by atoms with Gasteiger partial charge in [-0.1, -0.05) is 373 Å². The molecular formula is C74H145NO5. The lowest BCUT2D eigenvalue weighted by Crippen LogP contribution is -2.45. The highest BCUT2D eigenvalue weighted by molar-refractivity contribution is 5.76. The minimum Gasteiger partial charge on any atom is -0.466 e. The molecule has 2 unspecified atom stereocenters. The molecule has 0 saturated heterocycles. The van der Waals surface area contributed by atoms with Crippen LogP contribution < -0.4 is 5.32 Å². The number of hydrogen-bond acceptors (Lipinski definition) is 5. The number of unbranched alkanes of at least 4 members (excludes halogenated alkanes) is 57. The first-order chi connectivity index (χ1) is 39.5. The number of rotatable bonds is 70. The van der Waals surface area contributed by atoms with Crippen molar-refractivity contribution in [3.63, 3.8) is 0 Å². The lowest BCUT2D eigenvalue weighted by Gasteiger charge is -2.22. The smallest absolute Gasteiger partial charge is 0.305 e. The molecular weight excluding hydrogens is 983 g/mol. The maximum Gasteiger partial charge on any atom is 0.305 e. The number of nitrogens with one attached hydrogen (secondary N) is 1. The van der Waals surface area contributed by atoms with Crippen molar-refractivity contribution in [2.75, 3.05) is 13.2 Å². The highest BCUT2D eigenvalue weighted by atomic mass is 16.5. The fourth-order valence-electron chi connectivity index (χ4n) is 11.9. The molecule has 476 valence electrons. The molecule has 0 heterocycles. The molecule has 1 amide bonds. The third-order valence-corrected chi connectivity index (χ3v) is 17.6. The summed E-state index contributed by atoms with van der Waals surface area (Å²) in [6.07, 6.45) is 87.1. The molecule has 0 fully saturated rings. The molecule has 0 aromatic rings. The van der Waals surface area contributed by atoms with Crippen LogP contribution >= 0.6 is 0 Å². The van der Waals surface area contributed by atoms with Gasteiger partial charge < -0.3 is 20.3 Å². The van der Waals surface area contributed by atoms with Crippen LogP contribution in [0.2, 0.25) is 0 Å². The Morgan fingerprint density at radius 2 is 0.588 bits per heavy atom. The molecule has 0 radical (unpaired) electrons. The summed E-state index contributed by atoms with van der Waals surface area (Å²) < 4.78 is 5.50. The molecule has 6 heteroatoms. The molecule has 80 heavy (non-hydrogen) atoms. The van der Waals surface area contributed by atoms with E-state index in [2.05, 4.69) is 31.3 Å². The average molecular weight is 1130 g/mol. The molecule has 6 nitrogen and oxygen atoms in total. The standard InChI is InChI=1S/C74H145NO5/c1-3-5-7-9-11-13-15-17-19-39-42-46-50-54-58-62-66-72(77)71(70-76)75-73(78)67-63-59-55-51-47-43-40-37-35-33-31-29-27-25-23-21-20-22-24-26-28-30-32-34-36-38-41-45-49-53-57-61-65-69-80-74(79)68-64-60-56-52-48-44-18-16-14-12-10-8-6-4-2/h24,26,71-72,76-77H,3-23,25,27-70H2,1-2H3,(H,75,78)/b26-24-. The lowest BCUT2D eigenvalue weighted by molar-refractivity contribution is -0.143. The Kier molecular flexibility index (Phi) is 68.9. The van der Waals surface area contributed by atoms with Crippen molar-refractivity contribution in [3.8, 4) is 0 Å². The normalized spacial score (nSPS) is 12.5. The number of carbonyl (C=O) groups excluding carboxylic acids is 2. The zero-order valence-corrected chi connectivity index (χ0v) is 54.6. The van der Waals surface area contributed by atoms with Gasteiger partial charge in [0.2, 0.25) is 5.91 Å². The zero-order chi connectivity index (χ0) is 57.8. The number of esters is 1. The summed E-state index contributed by atoms with van der Waals surface area (Å²) in [6, 6.07) is -0.538. The Morgan fingerprint density at radius 3 is 0.887 bits per heavy atom. The first kappa shape index (κ1) is 78.6. The number of ether oxygens (including phenoxy) is 1. The SMILES string of the molecule is CCCCCCCCCCCCCCCCCCC(O)C(CO)NC(=O)CCCCCCCCCCCCCCCCCCC/C=C\CCCCCCCCCCCCCCOC(=O)CCCCCCCCCCCCCCCC. The molecule has 0 aliphatic heterocycles. The lowest BCUT2D eigenvalue weighted by atomic mass is 10.0. The van der Waals surface area contributed by atoms with E-state index in [9.17, 15) is 19.8 Å². The van der Waals surface area contributed by atoms with E-state index >= 15 is 0 Å². The second-order valence-electron chi connectivity index (χ2n) is 25.6. The van der Waals surface area contributed by atoms with Crippen molar-refractivity contribution in [3.05, 3.63) is 12.2 Å². The van der Waals surface area contributed by atoms with E-state index in [4.69, 9.17) is 4.74 Å². The number of allylic oxidation sites excluding steroid dienone is 2. The van der Waals surface area contributed by atoms with Crippen LogP contribution in [0.4, 0.5) is 0 Å². The van der Waals surface area contributed by atoms with Crippen LogP contribution in [0.1, 0.15) is 425 Å². The van der Waals surface area contributed by atoms with Crippen molar-refractivity contribution < 1.29 is 24.5 Å². The first-order valence-electron chi connectivity index (χ1n) is 36.9. The first-order valence-corrected chi connectivity index (χ1v) is 36.9. The van der Waals surface area contributed by atoms with Crippen LogP contribution in [0.25, 0.3) is 0 Å². The van der Waals surface area contributed by atoms with E-state index in [0.29, 0.717) is 25.9 Å². The van der Waals surface area contributed by atoms with Crippen molar-refractivity contribution in [1.82, 2.24) is 5.32 Å². The van der Waals surface area contributed by atoms with Crippen molar-refractivity contribution in [2.24, 2.45) is 0 Å². The fraction of sp³-hybridized carbons (Fsp3) is 0.946. The molecule has 0 spiro atoms. The summed E-state index contributed by atoms with van der Waals surface area (Å²) in [6.45, 7) is 5.00. The largest absolute Gasteiger partial charge is 0.466 e. The second-order valence-corrected chi connectivity index (χ2v) is 25.6. The van der Waals surface area contributed by atoms with Crippen molar-refractivity contribution >= 4 is 11.9 Å². The Bertz CT molecular complexity index is 1210. The Labute approximate surface area is 501 Å². The van der Waals surface area contributed by atoms with Gasteiger partial charge in [0.25, 0.3) is 0 Å². The molecule has 2 atom stereocenters. The van der Waals surface area contributed by atoms with E-state index in [-0.39, 0.29) is 18.5 Å². The van der Waals surface area contributed by atoms with Crippen LogP contribution in [0, 0.1) is 0 Å². The predicted octanol–water partition coefficient (Wildman–Crippen LogP) is 23.9. The highest BCUT2D eigenvalue weighted by Crippen LogP contribution is 2.19. The molecule has 0 aromatic heterocycles. The summed E-state index contributed by atoms with van der Waals surface area (Å²) in [7, 11) is 0. The molecule has 0 bridgehead atoms. The Hall–Kier alpha value is -1.40. The van der Waals surface area contributed by atoms with Gasteiger partial charge in [0, 0.05) is 12.8 Å². The monoisotopic (exact) mass is 1130 g/mol. The van der Waals surface area contributed by atoms with Gasteiger partial charge in [0.05, 0.1) is 25.4 Å². The number of amides is 1. The van der Waals surface area contributed by atoms with E-state index in [1.165, 1.54) is 353 Å². The second kappa shape index (κ2) is 70.1. The van der Waals surface area contributed by atoms with Gasteiger partial charge in [0.15, 0.2) is 0 Å². The van der Waals surface area contributed by atoms with Crippen LogP contribution in [-0.2, 0) is 14.3 Å².